The van der Waals surface area contributed by atoms with Crippen LogP contribution >= 0.6 is 0 Å². The molecule has 5 nitrogen and oxygen atoms in total. The first-order chi connectivity index (χ1) is 9.27. The van der Waals surface area contributed by atoms with Crippen molar-refractivity contribution in [1.29, 1.82) is 0 Å². The van der Waals surface area contributed by atoms with E-state index in [1.54, 1.807) is 6.92 Å². The third-order valence-corrected chi connectivity index (χ3v) is 4.65. The van der Waals surface area contributed by atoms with Crippen molar-refractivity contribution in [2.24, 2.45) is 11.3 Å². The molecule has 2 N–H and O–H groups in total. The minimum Gasteiger partial charge on any atom is -0.481 e. The zero-order chi connectivity index (χ0) is 15.3. The van der Waals surface area contributed by atoms with Crippen LogP contribution in [0.1, 0.15) is 47.0 Å². The molecule has 1 aliphatic heterocycles. The van der Waals surface area contributed by atoms with Crippen molar-refractivity contribution in [3.63, 3.8) is 0 Å². The molecule has 0 saturated carbocycles. The van der Waals surface area contributed by atoms with Gasteiger partial charge in [-0.3, -0.25) is 14.5 Å². The molecular formula is C15H28N2O3. The number of aliphatic carboxylic acids is 1. The first-order valence-corrected chi connectivity index (χ1v) is 7.51. The molecule has 1 fully saturated rings. The number of nitrogens with zero attached hydrogens (tertiary/aromatic N) is 1. The van der Waals surface area contributed by atoms with Crippen LogP contribution in [0.3, 0.4) is 0 Å². The molecule has 0 aromatic carbocycles. The van der Waals surface area contributed by atoms with E-state index in [2.05, 4.69) is 17.1 Å². The van der Waals surface area contributed by atoms with Crippen LogP contribution in [0.25, 0.3) is 0 Å². The number of carbonyl (C=O) groups is 2. The second-order valence-electron chi connectivity index (χ2n) is 6.45. The number of nitrogens with one attached hydrogen (secondary N) is 1. The molecule has 20 heavy (non-hydrogen) atoms. The molecule has 0 aliphatic carbocycles. The highest BCUT2D eigenvalue weighted by molar-refractivity contribution is 5.84. The summed E-state index contributed by atoms with van der Waals surface area (Å²) in [6.45, 7) is 10.2. The monoisotopic (exact) mass is 284 g/mol. The SMILES string of the molecule is CC(CNC(=O)CC(C)(C(=O)O)C(C)C)N1CCCC1. The lowest BCUT2D eigenvalue weighted by molar-refractivity contribution is -0.153. The molecule has 116 valence electrons. The van der Waals surface area contributed by atoms with Gasteiger partial charge in [0.15, 0.2) is 0 Å². The van der Waals surface area contributed by atoms with Gasteiger partial charge in [0.1, 0.15) is 0 Å². The summed E-state index contributed by atoms with van der Waals surface area (Å²) in [5.74, 6) is -1.16. The van der Waals surface area contributed by atoms with Crippen molar-refractivity contribution in [2.75, 3.05) is 19.6 Å². The van der Waals surface area contributed by atoms with Crippen molar-refractivity contribution in [1.82, 2.24) is 10.2 Å². The quantitative estimate of drug-likeness (QED) is 0.747. The molecule has 0 spiro atoms. The van der Waals surface area contributed by atoms with Gasteiger partial charge in [-0.05, 0) is 45.7 Å². The normalized spacial score (nSPS) is 20.6. The lowest BCUT2D eigenvalue weighted by atomic mass is 9.76. The molecule has 0 radical (unpaired) electrons. The second-order valence-corrected chi connectivity index (χ2v) is 6.45. The van der Waals surface area contributed by atoms with E-state index in [0.29, 0.717) is 12.6 Å². The van der Waals surface area contributed by atoms with E-state index in [4.69, 9.17) is 0 Å². The molecular weight excluding hydrogens is 256 g/mol. The fourth-order valence-electron chi connectivity index (χ4n) is 2.50. The molecule has 1 amide bonds. The third-order valence-electron chi connectivity index (χ3n) is 4.65. The smallest absolute Gasteiger partial charge is 0.310 e. The average Bonchev–Trinajstić information content (AvgIpc) is 2.89. The van der Waals surface area contributed by atoms with Gasteiger partial charge in [0.25, 0.3) is 0 Å². The number of hydrogen-bond acceptors (Lipinski definition) is 3. The minimum atomic E-state index is -0.999. The zero-order valence-electron chi connectivity index (χ0n) is 13.1. The lowest BCUT2D eigenvalue weighted by Gasteiger charge is -2.29. The van der Waals surface area contributed by atoms with Crippen LogP contribution in [0.2, 0.25) is 0 Å². The maximum absolute atomic E-state index is 12.0. The van der Waals surface area contributed by atoms with E-state index in [-0.39, 0.29) is 18.2 Å². The fourth-order valence-corrected chi connectivity index (χ4v) is 2.50. The second kappa shape index (κ2) is 7.07. The van der Waals surface area contributed by atoms with Crippen LogP contribution in [-0.4, -0.2) is 47.6 Å². The molecule has 0 aromatic rings. The Labute approximate surface area is 121 Å². The first-order valence-electron chi connectivity index (χ1n) is 7.51. The van der Waals surface area contributed by atoms with Crippen molar-refractivity contribution >= 4 is 11.9 Å². The highest BCUT2D eigenvalue weighted by Gasteiger charge is 2.38. The molecule has 5 heteroatoms. The lowest BCUT2D eigenvalue weighted by Crippen LogP contribution is -2.44. The van der Waals surface area contributed by atoms with Crippen LogP contribution in [0.15, 0.2) is 0 Å². The Bertz CT molecular complexity index is 351. The van der Waals surface area contributed by atoms with Gasteiger partial charge >= 0.3 is 5.97 Å². The summed E-state index contributed by atoms with van der Waals surface area (Å²) in [5, 5.41) is 12.2. The molecule has 2 atom stereocenters. The Kier molecular flexibility index (Phi) is 5.99. The summed E-state index contributed by atoms with van der Waals surface area (Å²) in [7, 11) is 0. The predicted octanol–water partition coefficient (Wildman–Crippen LogP) is 1.72. The highest BCUT2D eigenvalue weighted by Crippen LogP contribution is 2.31. The Hall–Kier alpha value is -1.10. The third kappa shape index (κ3) is 4.20. The molecule has 1 rings (SSSR count). The summed E-state index contributed by atoms with van der Waals surface area (Å²) in [6.07, 6.45) is 2.48. The van der Waals surface area contributed by atoms with Gasteiger partial charge in [-0.25, -0.2) is 0 Å². The Morgan fingerprint density at radius 2 is 1.80 bits per heavy atom. The predicted molar refractivity (Wildman–Crippen MR) is 78.5 cm³/mol. The number of carboxylic acids is 1. The van der Waals surface area contributed by atoms with Gasteiger partial charge in [0.05, 0.1) is 5.41 Å². The average molecular weight is 284 g/mol. The highest BCUT2D eigenvalue weighted by atomic mass is 16.4. The van der Waals surface area contributed by atoms with E-state index in [1.807, 2.05) is 13.8 Å². The van der Waals surface area contributed by atoms with Gasteiger partial charge in [-0.1, -0.05) is 13.8 Å². The van der Waals surface area contributed by atoms with E-state index < -0.39 is 11.4 Å². The molecule has 2 unspecified atom stereocenters. The largest absolute Gasteiger partial charge is 0.481 e. The van der Waals surface area contributed by atoms with Crippen LogP contribution < -0.4 is 5.32 Å². The standard InChI is InChI=1S/C15H28N2O3/c1-11(2)15(4,14(19)20)9-13(18)16-10-12(3)17-7-5-6-8-17/h11-12H,5-10H2,1-4H3,(H,16,18)(H,19,20). The van der Waals surface area contributed by atoms with Crippen molar-refractivity contribution in [3.8, 4) is 0 Å². The van der Waals surface area contributed by atoms with E-state index in [1.165, 1.54) is 12.8 Å². The number of hydrogen-bond donors (Lipinski definition) is 2. The maximum Gasteiger partial charge on any atom is 0.310 e. The molecule has 1 aliphatic rings. The van der Waals surface area contributed by atoms with Gasteiger partial charge in [0.2, 0.25) is 5.91 Å². The number of carboxylic acid groups (broad SMARTS) is 1. The number of rotatable bonds is 7. The van der Waals surface area contributed by atoms with Crippen molar-refractivity contribution in [3.05, 3.63) is 0 Å². The Morgan fingerprint density at radius 1 is 1.25 bits per heavy atom. The topological polar surface area (TPSA) is 69.6 Å². The van der Waals surface area contributed by atoms with Crippen LogP contribution in [0, 0.1) is 11.3 Å². The number of likely N-dealkylation sites (tertiary alicyclic amines) is 1. The minimum absolute atomic E-state index is 0.0344. The number of carbonyl (C=O) groups excluding carboxylic acids is 1. The maximum atomic E-state index is 12.0. The van der Waals surface area contributed by atoms with Crippen LogP contribution in [-0.2, 0) is 9.59 Å². The molecule has 0 aromatic heterocycles. The van der Waals surface area contributed by atoms with Gasteiger partial charge in [-0.2, -0.15) is 0 Å². The first kappa shape index (κ1) is 17.0. The van der Waals surface area contributed by atoms with Gasteiger partial charge in [-0.15, -0.1) is 0 Å². The van der Waals surface area contributed by atoms with Gasteiger partial charge < -0.3 is 10.4 Å². The zero-order valence-corrected chi connectivity index (χ0v) is 13.1. The summed E-state index contributed by atoms with van der Waals surface area (Å²) in [5.41, 5.74) is -0.999. The molecule has 1 heterocycles. The van der Waals surface area contributed by atoms with Gasteiger partial charge in [0, 0.05) is 19.0 Å². The summed E-state index contributed by atoms with van der Waals surface area (Å²) < 4.78 is 0. The summed E-state index contributed by atoms with van der Waals surface area (Å²) in [6, 6.07) is 0.316. The van der Waals surface area contributed by atoms with Crippen molar-refractivity contribution < 1.29 is 14.7 Å². The van der Waals surface area contributed by atoms with Crippen molar-refractivity contribution in [2.45, 2.75) is 53.0 Å². The van der Waals surface area contributed by atoms with E-state index >= 15 is 0 Å². The Morgan fingerprint density at radius 3 is 2.25 bits per heavy atom. The fraction of sp³-hybridized carbons (Fsp3) is 0.867. The number of amides is 1. The summed E-state index contributed by atoms with van der Waals surface area (Å²) in [4.78, 5) is 25.7. The van der Waals surface area contributed by atoms with Crippen LogP contribution in [0.5, 0.6) is 0 Å². The summed E-state index contributed by atoms with van der Waals surface area (Å²) >= 11 is 0. The van der Waals surface area contributed by atoms with E-state index in [9.17, 15) is 14.7 Å². The molecule has 0 bridgehead atoms. The molecule has 1 saturated heterocycles. The van der Waals surface area contributed by atoms with E-state index in [0.717, 1.165) is 13.1 Å². The van der Waals surface area contributed by atoms with Crippen LogP contribution in [0.4, 0.5) is 0 Å². The Balaban J connectivity index is 2.44.